The van der Waals surface area contributed by atoms with E-state index in [2.05, 4.69) is 12.1 Å². The average Bonchev–Trinajstić information content (AvgIpc) is 2.93. The van der Waals surface area contributed by atoms with Gasteiger partial charge in [-0.2, -0.15) is 0 Å². The van der Waals surface area contributed by atoms with Crippen LogP contribution >= 0.6 is 11.8 Å². The Balaban J connectivity index is 2.06. The molecule has 2 aromatic carbocycles. The Labute approximate surface area is 134 Å². The van der Waals surface area contributed by atoms with Crippen LogP contribution in [0.3, 0.4) is 0 Å². The van der Waals surface area contributed by atoms with Gasteiger partial charge in [0.2, 0.25) is 0 Å². The Hall–Kier alpha value is -1.87. The van der Waals surface area contributed by atoms with Crippen molar-refractivity contribution in [3.05, 3.63) is 71.8 Å². The Kier molecular flexibility index (Phi) is 4.44. The van der Waals surface area contributed by atoms with Crippen LogP contribution in [0, 0.1) is 5.92 Å². The predicted octanol–water partition coefficient (Wildman–Crippen LogP) is 4.03. The fourth-order valence-corrected chi connectivity index (χ4v) is 3.97. The molecule has 0 bridgehead atoms. The molecule has 2 nitrogen and oxygen atoms in total. The summed E-state index contributed by atoms with van der Waals surface area (Å²) in [5.74, 6) is -0.432. The normalized spacial score (nSPS) is 24.4. The zero-order valence-corrected chi connectivity index (χ0v) is 13.3. The first-order valence-electron chi connectivity index (χ1n) is 7.43. The van der Waals surface area contributed by atoms with Gasteiger partial charge in [-0.15, -0.1) is 0 Å². The molecular formula is C19H18O2S. The number of benzene rings is 2. The van der Waals surface area contributed by atoms with Gasteiger partial charge in [-0.3, -0.25) is 9.59 Å². The lowest BCUT2D eigenvalue weighted by Gasteiger charge is -2.23. The molecule has 1 fully saturated rings. The molecule has 1 saturated carbocycles. The second kappa shape index (κ2) is 6.49. The number of Topliss-reactive ketones (excluding diaryl/α,β-unsaturated/α-hetero) is 1. The third-order valence-electron chi connectivity index (χ3n) is 4.43. The summed E-state index contributed by atoms with van der Waals surface area (Å²) in [5, 5.41) is -0.0164. The van der Waals surface area contributed by atoms with Crippen molar-refractivity contribution in [3.8, 4) is 0 Å². The van der Waals surface area contributed by atoms with Crippen LogP contribution in [-0.4, -0.2) is 17.2 Å². The van der Waals surface area contributed by atoms with Crippen LogP contribution in [-0.2, 0) is 9.59 Å². The summed E-state index contributed by atoms with van der Waals surface area (Å²) >= 11 is 1.16. The smallest absolute Gasteiger partial charge is 0.199 e. The number of ketones is 1. The van der Waals surface area contributed by atoms with E-state index in [4.69, 9.17) is 0 Å². The van der Waals surface area contributed by atoms with Gasteiger partial charge in [0, 0.05) is 12.3 Å². The van der Waals surface area contributed by atoms with Crippen molar-refractivity contribution >= 4 is 22.7 Å². The van der Waals surface area contributed by atoms with Crippen LogP contribution in [0.2, 0.25) is 0 Å². The van der Waals surface area contributed by atoms with Gasteiger partial charge in [0.05, 0.1) is 5.92 Å². The molecule has 3 heteroatoms. The van der Waals surface area contributed by atoms with Gasteiger partial charge >= 0.3 is 0 Å². The van der Waals surface area contributed by atoms with E-state index < -0.39 is 5.92 Å². The molecule has 0 spiro atoms. The molecule has 0 N–H and O–H groups in total. The van der Waals surface area contributed by atoms with Crippen molar-refractivity contribution in [1.82, 2.24) is 0 Å². The standard InChI is InChI=1S/C19H18O2S/c1-22-19(21)18-16(20)12-15(13-8-4-2-5-9-13)17(18)14-10-6-3-7-11-14/h2-11,15,17-18H,12H2,1H3/t15-,17-,18-/m0/s1. The highest BCUT2D eigenvalue weighted by Crippen LogP contribution is 2.48. The maximum Gasteiger partial charge on any atom is 0.199 e. The minimum Gasteiger partial charge on any atom is -0.299 e. The Morgan fingerprint density at radius 1 is 0.955 bits per heavy atom. The second-order valence-electron chi connectivity index (χ2n) is 5.62. The van der Waals surface area contributed by atoms with E-state index >= 15 is 0 Å². The number of hydrogen-bond acceptors (Lipinski definition) is 3. The molecule has 0 radical (unpaired) electrons. The van der Waals surface area contributed by atoms with Crippen molar-refractivity contribution < 1.29 is 9.59 Å². The van der Waals surface area contributed by atoms with Crippen molar-refractivity contribution in [2.75, 3.05) is 6.26 Å². The summed E-state index contributed by atoms with van der Waals surface area (Å²) in [6.07, 6.45) is 2.20. The molecule has 0 heterocycles. The van der Waals surface area contributed by atoms with Gasteiger partial charge in [0.25, 0.3) is 0 Å². The van der Waals surface area contributed by atoms with Gasteiger partial charge in [-0.1, -0.05) is 72.4 Å². The molecule has 2 aromatic rings. The highest BCUT2D eigenvalue weighted by molar-refractivity contribution is 8.13. The van der Waals surface area contributed by atoms with E-state index in [0.717, 1.165) is 22.9 Å². The van der Waals surface area contributed by atoms with Crippen LogP contribution in [0.4, 0.5) is 0 Å². The van der Waals surface area contributed by atoms with E-state index in [0.29, 0.717) is 6.42 Å². The SMILES string of the molecule is CSC(=O)[C@H]1C(=O)C[C@@H](c2ccccc2)[C@@H]1c1ccccc1. The highest BCUT2D eigenvalue weighted by atomic mass is 32.2. The maximum absolute atomic E-state index is 12.5. The van der Waals surface area contributed by atoms with Crippen LogP contribution in [0.15, 0.2) is 60.7 Å². The maximum atomic E-state index is 12.5. The molecule has 1 aliphatic carbocycles. The molecular weight excluding hydrogens is 292 g/mol. The Morgan fingerprint density at radius 2 is 1.50 bits per heavy atom. The number of rotatable bonds is 3. The van der Waals surface area contributed by atoms with E-state index in [1.54, 1.807) is 6.26 Å². The first-order valence-corrected chi connectivity index (χ1v) is 8.65. The highest BCUT2D eigenvalue weighted by Gasteiger charge is 2.47. The third kappa shape index (κ3) is 2.73. The van der Waals surface area contributed by atoms with E-state index in [1.807, 2.05) is 48.5 Å². The molecule has 0 aromatic heterocycles. The number of carbonyl (C=O) groups is 2. The molecule has 22 heavy (non-hydrogen) atoms. The monoisotopic (exact) mass is 310 g/mol. The Bertz CT molecular complexity index is 666. The molecule has 3 atom stereocenters. The minimum absolute atomic E-state index is 0.0164. The minimum atomic E-state index is -0.525. The molecule has 0 aliphatic heterocycles. The van der Waals surface area contributed by atoms with Crippen molar-refractivity contribution in [1.29, 1.82) is 0 Å². The van der Waals surface area contributed by atoms with Gasteiger partial charge in [-0.05, 0) is 23.3 Å². The summed E-state index contributed by atoms with van der Waals surface area (Å²) in [6, 6.07) is 20.0. The van der Waals surface area contributed by atoms with Crippen molar-refractivity contribution in [3.63, 3.8) is 0 Å². The lowest BCUT2D eigenvalue weighted by molar-refractivity contribution is -0.126. The first kappa shape index (κ1) is 15.0. The summed E-state index contributed by atoms with van der Waals surface area (Å²) in [6.45, 7) is 0. The van der Waals surface area contributed by atoms with Crippen molar-refractivity contribution in [2.45, 2.75) is 18.3 Å². The van der Waals surface area contributed by atoms with E-state index in [1.165, 1.54) is 0 Å². The van der Waals surface area contributed by atoms with Crippen LogP contribution in [0.25, 0.3) is 0 Å². The van der Waals surface area contributed by atoms with Gasteiger partial charge in [-0.25, -0.2) is 0 Å². The summed E-state index contributed by atoms with van der Waals surface area (Å²) in [5.41, 5.74) is 2.22. The van der Waals surface area contributed by atoms with Crippen LogP contribution in [0.5, 0.6) is 0 Å². The number of thioether (sulfide) groups is 1. The number of hydrogen-bond donors (Lipinski definition) is 0. The van der Waals surface area contributed by atoms with Gasteiger partial charge < -0.3 is 0 Å². The second-order valence-corrected chi connectivity index (χ2v) is 6.44. The molecule has 0 unspecified atom stereocenters. The summed E-state index contributed by atoms with van der Waals surface area (Å²) < 4.78 is 0. The fraction of sp³-hybridized carbons (Fsp3) is 0.263. The first-order chi connectivity index (χ1) is 10.7. The fourth-order valence-electron chi connectivity index (χ4n) is 3.43. The van der Waals surface area contributed by atoms with E-state index in [-0.39, 0.29) is 22.7 Å². The third-order valence-corrected chi connectivity index (χ3v) is 5.08. The average molecular weight is 310 g/mol. The van der Waals surface area contributed by atoms with Crippen LogP contribution < -0.4 is 0 Å². The van der Waals surface area contributed by atoms with Gasteiger partial charge in [0.1, 0.15) is 5.78 Å². The van der Waals surface area contributed by atoms with Crippen molar-refractivity contribution in [2.24, 2.45) is 5.92 Å². The number of carbonyl (C=O) groups excluding carboxylic acids is 2. The summed E-state index contributed by atoms with van der Waals surface area (Å²) in [4.78, 5) is 24.8. The molecule has 3 rings (SSSR count). The molecule has 0 amide bonds. The zero-order valence-electron chi connectivity index (χ0n) is 12.4. The predicted molar refractivity (Wildman–Crippen MR) is 90.0 cm³/mol. The largest absolute Gasteiger partial charge is 0.299 e. The topological polar surface area (TPSA) is 34.1 Å². The molecule has 1 aliphatic rings. The molecule has 0 saturated heterocycles. The lowest BCUT2D eigenvalue weighted by atomic mass is 9.80. The lowest BCUT2D eigenvalue weighted by Crippen LogP contribution is -2.22. The molecule has 112 valence electrons. The Morgan fingerprint density at radius 3 is 2.05 bits per heavy atom. The zero-order chi connectivity index (χ0) is 15.5. The van der Waals surface area contributed by atoms with Crippen LogP contribution in [0.1, 0.15) is 29.4 Å². The quantitative estimate of drug-likeness (QED) is 0.803. The summed E-state index contributed by atoms with van der Waals surface area (Å²) in [7, 11) is 0. The van der Waals surface area contributed by atoms with Gasteiger partial charge in [0.15, 0.2) is 5.12 Å². The van der Waals surface area contributed by atoms with E-state index in [9.17, 15) is 9.59 Å².